The average molecular weight is 675 g/mol. The second-order valence-electron chi connectivity index (χ2n) is 11.0. The maximum absolute atomic E-state index is 13.4. The molecule has 0 aliphatic carbocycles. The van der Waals surface area contributed by atoms with E-state index in [1.54, 1.807) is 49.1 Å². The number of aromatic nitrogens is 1. The number of nitrogens with zero attached hydrogens (tertiary/aromatic N) is 2. The van der Waals surface area contributed by atoms with Crippen LogP contribution in [0.25, 0.3) is 11.6 Å². The van der Waals surface area contributed by atoms with Crippen molar-refractivity contribution >= 4 is 68.1 Å². The molecule has 0 radical (unpaired) electrons. The average Bonchev–Trinajstić information content (AvgIpc) is 3.48. The van der Waals surface area contributed by atoms with Gasteiger partial charge < -0.3 is 25.6 Å². The molecule has 14 heteroatoms. The van der Waals surface area contributed by atoms with Gasteiger partial charge in [-0.3, -0.25) is 19.3 Å². The number of benzene rings is 2. The van der Waals surface area contributed by atoms with Gasteiger partial charge in [-0.2, -0.15) is 0 Å². The van der Waals surface area contributed by atoms with Crippen LogP contribution in [0.15, 0.2) is 41.3 Å². The van der Waals surface area contributed by atoms with E-state index in [0.29, 0.717) is 78.6 Å². The number of aliphatic hydroxyl groups is 1. The Bertz CT molecular complexity index is 1790. The third-order valence-electron chi connectivity index (χ3n) is 8.09. The highest BCUT2D eigenvalue weighted by atomic mass is 35.5. The molecule has 0 saturated carbocycles. The normalized spacial score (nSPS) is 16.2. The van der Waals surface area contributed by atoms with Crippen LogP contribution < -0.4 is 10.6 Å². The summed E-state index contributed by atoms with van der Waals surface area (Å²) in [6.45, 7) is 6.44. The number of carbonyl (C=O) groups excluding carboxylic acids is 3. The lowest BCUT2D eigenvalue weighted by Crippen LogP contribution is -2.50. The van der Waals surface area contributed by atoms with Crippen molar-refractivity contribution in [1.29, 1.82) is 0 Å². The van der Waals surface area contributed by atoms with Gasteiger partial charge in [0.05, 0.1) is 21.8 Å². The number of aliphatic hydroxyl groups excluding tert-OH is 1. The van der Waals surface area contributed by atoms with Crippen LogP contribution in [-0.2, 0) is 25.2 Å². The van der Waals surface area contributed by atoms with E-state index in [0.717, 1.165) is 0 Å². The number of piperazine rings is 1. The predicted octanol–water partition coefficient (Wildman–Crippen LogP) is 3.27. The first-order valence-corrected chi connectivity index (χ1v) is 16.7. The fraction of sp³-hybridized carbons (Fsp3) is 0.323. The van der Waals surface area contributed by atoms with Crippen LogP contribution in [0.2, 0.25) is 10.0 Å². The summed E-state index contributed by atoms with van der Waals surface area (Å²) in [5, 5.41) is 15.3. The number of sulfone groups is 1. The van der Waals surface area contributed by atoms with Gasteiger partial charge in [-0.25, -0.2) is 8.42 Å². The molecule has 0 unspecified atom stereocenters. The van der Waals surface area contributed by atoms with E-state index in [9.17, 15) is 22.8 Å². The number of aromatic amines is 1. The minimum absolute atomic E-state index is 0.0144. The Labute approximate surface area is 271 Å². The maximum Gasteiger partial charge on any atom is 0.256 e. The number of rotatable bonds is 9. The lowest BCUT2D eigenvalue weighted by atomic mass is 10.0. The number of aryl methyl sites for hydroxylation is 1. The topological polar surface area (TPSA) is 152 Å². The van der Waals surface area contributed by atoms with Crippen molar-refractivity contribution < 1.29 is 27.9 Å². The first kappa shape index (κ1) is 32.7. The molecule has 1 fully saturated rings. The number of carbonyl (C=O) groups is 3. The molecule has 45 heavy (non-hydrogen) atoms. The fourth-order valence-corrected chi connectivity index (χ4v) is 7.71. The number of H-pyrrole nitrogens is 1. The molecule has 3 amide bonds. The van der Waals surface area contributed by atoms with Gasteiger partial charge in [-0.1, -0.05) is 29.3 Å². The van der Waals surface area contributed by atoms with E-state index in [-0.39, 0.29) is 32.3 Å². The lowest BCUT2D eigenvalue weighted by Gasteiger charge is -2.34. The molecule has 2 aliphatic heterocycles. The van der Waals surface area contributed by atoms with Crippen LogP contribution in [0.5, 0.6) is 0 Å². The fourth-order valence-electron chi connectivity index (χ4n) is 5.59. The van der Waals surface area contributed by atoms with Crippen molar-refractivity contribution in [3.05, 3.63) is 80.1 Å². The molecule has 1 aromatic heterocycles. The molecule has 0 atom stereocenters. The monoisotopic (exact) mass is 673 g/mol. The van der Waals surface area contributed by atoms with E-state index >= 15 is 0 Å². The molecule has 2 aliphatic rings. The Balaban J connectivity index is 1.31. The Hall–Kier alpha value is -3.68. The number of amides is 3. The summed E-state index contributed by atoms with van der Waals surface area (Å²) in [6, 6.07) is 9.23. The summed E-state index contributed by atoms with van der Waals surface area (Å²) >= 11 is 12.4. The van der Waals surface area contributed by atoms with Gasteiger partial charge in [-0.15, -0.1) is 0 Å². The molecule has 3 aromatic rings. The van der Waals surface area contributed by atoms with Crippen LogP contribution in [-0.4, -0.2) is 91.9 Å². The van der Waals surface area contributed by atoms with Crippen molar-refractivity contribution in [3.63, 3.8) is 0 Å². The van der Waals surface area contributed by atoms with Crippen molar-refractivity contribution in [3.8, 4) is 0 Å². The third kappa shape index (κ3) is 6.95. The predicted molar refractivity (Wildman–Crippen MR) is 173 cm³/mol. The molecule has 0 spiro atoms. The summed E-state index contributed by atoms with van der Waals surface area (Å²) in [6.07, 6.45) is 1.62. The molecular weight excluding hydrogens is 641 g/mol. The molecule has 0 bridgehead atoms. The SMILES string of the molecule is Cc1[nH]c(C=C2C(=O)Nc3ccc(S(=O)(=O)Cc4c(Cl)cccc4Cl)cc32)c(C)c1C(=O)NCCN1CCN(C(=O)CO)CC1. The zero-order valence-electron chi connectivity index (χ0n) is 24.7. The number of anilines is 1. The molecule has 4 N–H and O–H groups in total. The quantitative estimate of drug-likeness (QED) is 0.255. The van der Waals surface area contributed by atoms with E-state index in [1.165, 1.54) is 12.1 Å². The standard InChI is InChI=1S/C31H33Cl2N5O6S/c1-18-27(35-19(2)29(18)31(42)34-8-9-37-10-12-38(13-11-37)28(40)16-39)15-22-21-14-20(6-7-26(21)36-30(22)41)45(43,44)17-23-24(32)4-3-5-25(23)33/h3-7,14-15,35,39H,8-13,16-17H2,1-2H3,(H,34,42)(H,36,41). The lowest BCUT2D eigenvalue weighted by molar-refractivity contribution is -0.135. The summed E-state index contributed by atoms with van der Waals surface area (Å²) in [7, 11) is -3.87. The Kier molecular flexibility index (Phi) is 9.71. The zero-order valence-corrected chi connectivity index (χ0v) is 27.1. The number of nitrogens with one attached hydrogen (secondary N) is 3. The van der Waals surface area contributed by atoms with Crippen LogP contribution in [0.3, 0.4) is 0 Å². The smallest absolute Gasteiger partial charge is 0.256 e. The first-order chi connectivity index (χ1) is 21.4. The minimum atomic E-state index is -3.87. The minimum Gasteiger partial charge on any atom is -0.387 e. The molecule has 2 aromatic carbocycles. The van der Waals surface area contributed by atoms with Gasteiger partial charge >= 0.3 is 0 Å². The Morgan fingerprint density at radius 3 is 2.42 bits per heavy atom. The second-order valence-corrected chi connectivity index (χ2v) is 13.8. The summed E-state index contributed by atoms with van der Waals surface area (Å²) < 4.78 is 26.7. The second kappa shape index (κ2) is 13.4. The Morgan fingerprint density at radius 2 is 1.76 bits per heavy atom. The van der Waals surface area contributed by atoms with Crippen LogP contribution >= 0.6 is 23.2 Å². The summed E-state index contributed by atoms with van der Waals surface area (Å²) in [5.41, 5.74) is 3.74. The number of halogens is 2. The van der Waals surface area contributed by atoms with Crippen molar-refractivity contribution in [2.45, 2.75) is 24.5 Å². The van der Waals surface area contributed by atoms with Gasteiger partial charge in [0.25, 0.3) is 11.8 Å². The number of fused-ring (bicyclic) bond motifs is 1. The highest BCUT2D eigenvalue weighted by Gasteiger charge is 2.29. The van der Waals surface area contributed by atoms with Gasteiger partial charge in [0.1, 0.15) is 6.61 Å². The number of hydrogen-bond donors (Lipinski definition) is 4. The highest BCUT2D eigenvalue weighted by molar-refractivity contribution is 7.90. The van der Waals surface area contributed by atoms with Gasteiger partial charge in [0.2, 0.25) is 5.91 Å². The van der Waals surface area contributed by atoms with E-state index < -0.39 is 28.1 Å². The van der Waals surface area contributed by atoms with Crippen LogP contribution in [0.1, 0.15) is 38.4 Å². The van der Waals surface area contributed by atoms with Crippen molar-refractivity contribution in [2.24, 2.45) is 0 Å². The third-order valence-corrected chi connectivity index (χ3v) is 10.4. The Morgan fingerprint density at radius 1 is 1.07 bits per heavy atom. The highest BCUT2D eigenvalue weighted by Crippen LogP contribution is 2.37. The molecule has 3 heterocycles. The van der Waals surface area contributed by atoms with Gasteiger partial charge in [-0.05, 0) is 55.8 Å². The zero-order chi connectivity index (χ0) is 32.5. The first-order valence-electron chi connectivity index (χ1n) is 14.3. The number of hydrogen-bond acceptors (Lipinski definition) is 7. The van der Waals surface area contributed by atoms with Gasteiger partial charge in [0.15, 0.2) is 9.84 Å². The van der Waals surface area contributed by atoms with Crippen molar-refractivity contribution in [2.75, 3.05) is 51.2 Å². The van der Waals surface area contributed by atoms with Crippen LogP contribution in [0, 0.1) is 13.8 Å². The van der Waals surface area contributed by atoms with E-state index in [1.807, 2.05) is 0 Å². The molecule has 5 rings (SSSR count). The van der Waals surface area contributed by atoms with Crippen LogP contribution in [0.4, 0.5) is 5.69 Å². The van der Waals surface area contributed by atoms with E-state index in [2.05, 4.69) is 20.5 Å². The maximum atomic E-state index is 13.4. The molecule has 1 saturated heterocycles. The van der Waals surface area contributed by atoms with Gasteiger partial charge in [0, 0.05) is 77.5 Å². The largest absolute Gasteiger partial charge is 0.387 e. The summed E-state index contributed by atoms with van der Waals surface area (Å²) in [5.74, 6) is -1.34. The summed E-state index contributed by atoms with van der Waals surface area (Å²) in [4.78, 5) is 44.8. The van der Waals surface area contributed by atoms with E-state index in [4.69, 9.17) is 28.3 Å². The molecule has 11 nitrogen and oxygen atoms in total. The molecular formula is C31H33Cl2N5O6S. The van der Waals surface area contributed by atoms with Crippen molar-refractivity contribution in [1.82, 2.24) is 20.1 Å². The molecule has 238 valence electrons.